The molecule has 0 aromatic carbocycles. The Bertz CT molecular complexity index is 768. The quantitative estimate of drug-likeness (QED) is 0.621. The molecule has 0 aliphatic carbocycles. The number of rotatable bonds is 8. The van der Waals surface area contributed by atoms with Crippen LogP contribution < -0.4 is 10.6 Å². The molecule has 27 heavy (non-hydrogen) atoms. The first-order chi connectivity index (χ1) is 13.2. The Morgan fingerprint density at radius 2 is 1.22 bits per heavy atom. The maximum absolute atomic E-state index is 11.6. The van der Waals surface area contributed by atoms with E-state index in [0.717, 1.165) is 0 Å². The van der Waals surface area contributed by atoms with Crippen LogP contribution in [0.5, 0.6) is 0 Å². The number of hydrogen-bond donors (Lipinski definition) is 2. The molecule has 3 heterocycles. The van der Waals surface area contributed by atoms with Gasteiger partial charge in [0.25, 0.3) is 0 Å². The molecular formula is C18H18N2O7. The van der Waals surface area contributed by atoms with Crippen LogP contribution in [0, 0.1) is 0 Å². The van der Waals surface area contributed by atoms with Crippen molar-refractivity contribution in [2.45, 2.75) is 26.3 Å². The van der Waals surface area contributed by atoms with Gasteiger partial charge in [-0.05, 0) is 36.4 Å². The first-order valence-corrected chi connectivity index (χ1v) is 8.12. The van der Waals surface area contributed by atoms with Crippen molar-refractivity contribution in [3.8, 4) is 0 Å². The van der Waals surface area contributed by atoms with Crippen LogP contribution in [0.25, 0.3) is 0 Å². The van der Waals surface area contributed by atoms with Crippen molar-refractivity contribution in [2.75, 3.05) is 0 Å². The molecule has 0 aliphatic heterocycles. The highest BCUT2D eigenvalue weighted by Crippen LogP contribution is 2.11. The van der Waals surface area contributed by atoms with Crippen LogP contribution in [0.15, 0.2) is 62.2 Å². The Kier molecular flexibility index (Phi) is 6.18. The van der Waals surface area contributed by atoms with Crippen molar-refractivity contribution in [1.82, 2.24) is 10.6 Å². The van der Waals surface area contributed by atoms with Crippen molar-refractivity contribution in [3.05, 3.63) is 72.0 Å². The van der Waals surface area contributed by atoms with Crippen molar-refractivity contribution in [3.63, 3.8) is 0 Å². The van der Waals surface area contributed by atoms with Gasteiger partial charge in [0.05, 0.1) is 25.6 Å². The van der Waals surface area contributed by atoms with Gasteiger partial charge >= 0.3 is 12.2 Å². The smallest absolute Gasteiger partial charge is 0.407 e. The maximum atomic E-state index is 11.6. The minimum Gasteiger partial charge on any atom is -0.467 e. The van der Waals surface area contributed by atoms with Crippen LogP contribution in [-0.4, -0.2) is 12.2 Å². The number of furan rings is 3. The molecule has 0 saturated carbocycles. The molecule has 0 aliphatic rings. The van der Waals surface area contributed by atoms with Gasteiger partial charge in [-0.25, -0.2) is 9.59 Å². The highest BCUT2D eigenvalue weighted by Gasteiger charge is 2.09. The average Bonchev–Trinajstić information content (AvgIpc) is 3.44. The van der Waals surface area contributed by atoms with Gasteiger partial charge in [-0.1, -0.05) is 0 Å². The zero-order valence-electron chi connectivity index (χ0n) is 14.3. The normalized spacial score (nSPS) is 10.4. The lowest BCUT2D eigenvalue weighted by Gasteiger charge is -2.05. The van der Waals surface area contributed by atoms with Crippen molar-refractivity contribution < 1.29 is 32.3 Å². The third kappa shape index (κ3) is 5.99. The van der Waals surface area contributed by atoms with E-state index in [-0.39, 0.29) is 26.3 Å². The van der Waals surface area contributed by atoms with Gasteiger partial charge in [-0.2, -0.15) is 0 Å². The van der Waals surface area contributed by atoms with Crippen LogP contribution in [-0.2, 0) is 35.8 Å². The summed E-state index contributed by atoms with van der Waals surface area (Å²) in [6.45, 7) is 0.371. The van der Waals surface area contributed by atoms with Crippen molar-refractivity contribution >= 4 is 12.2 Å². The lowest BCUT2D eigenvalue weighted by Crippen LogP contribution is -2.23. The minimum absolute atomic E-state index is 0.0469. The molecule has 2 amide bonds. The summed E-state index contributed by atoms with van der Waals surface area (Å²) in [6.07, 6.45) is 1.84. The fourth-order valence-corrected chi connectivity index (χ4v) is 2.10. The second-order valence-electron chi connectivity index (χ2n) is 5.39. The fourth-order valence-electron chi connectivity index (χ4n) is 2.10. The SMILES string of the molecule is O=C(NCc1ccco1)OCc1ccc(COC(=O)NCc2ccco2)o1. The van der Waals surface area contributed by atoms with Crippen LogP contribution in [0.4, 0.5) is 9.59 Å². The van der Waals surface area contributed by atoms with Crippen molar-refractivity contribution in [2.24, 2.45) is 0 Å². The van der Waals surface area contributed by atoms with E-state index in [1.807, 2.05) is 0 Å². The molecule has 3 aromatic rings. The summed E-state index contributed by atoms with van der Waals surface area (Å²) >= 11 is 0. The Balaban J connectivity index is 1.33. The highest BCUT2D eigenvalue weighted by atomic mass is 16.6. The molecule has 0 spiro atoms. The lowest BCUT2D eigenvalue weighted by molar-refractivity contribution is 0.120. The lowest BCUT2D eigenvalue weighted by atomic mass is 10.4. The van der Waals surface area contributed by atoms with E-state index in [4.69, 9.17) is 22.7 Å². The Morgan fingerprint density at radius 3 is 1.63 bits per heavy atom. The van der Waals surface area contributed by atoms with Gasteiger partial charge in [0.2, 0.25) is 0 Å². The summed E-state index contributed by atoms with van der Waals surface area (Å²) < 4.78 is 25.7. The van der Waals surface area contributed by atoms with E-state index < -0.39 is 12.2 Å². The number of carbonyl (C=O) groups is 2. The van der Waals surface area contributed by atoms with Gasteiger partial charge in [0.1, 0.15) is 23.0 Å². The molecule has 3 aromatic heterocycles. The van der Waals surface area contributed by atoms with E-state index in [9.17, 15) is 9.59 Å². The number of amides is 2. The Hall–Kier alpha value is -3.62. The predicted octanol–water partition coefficient (Wildman–Crippen LogP) is 3.32. The number of alkyl carbamates (subject to hydrolysis) is 2. The Morgan fingerprint density at radius 1 is 0.741 bits per heavy atom. The summed E-state index contributed by atoms with van der Waals surface area (Å²) in [7, 11) is 0. The standard InChI is InChI=1S/C18H18N2O7/c21-17(19-9-13-3-1-7-23-13)25-11-15-5-6-16(27-15)12-26-18(22)20-10-14-4-2-8-24-14/h1-8H,9-12H2,(H,19,21)(H,20,22). The van der Waals surface area contributed by atoms with Gasteiger partial charge in [0.15, 0.2) is 13.2 Å². The largest absolute Gasteiger partial charge is 0.467 e. The minimum atomic E-state index is -0.599. The zero-order chi connectivity index (χ0) is 18.9. The highest BCUT2D eigenvalue weighted by molar-refractivity contribution is 5.67. The topological polar surface area (TPSA) is 116 Å². The van der Waals surface area contributed by atoms with Gasteiger partial charge in [-0.15, -0.1) is 0 Å². The second kappa shape index (κ2) is 9.18. The average molecular weight is 374 g/mol. The third-order valence-corrected chi connectivity index (χ3v) is 3.38. The summed E-state index contributed by atoms with van der Waals surface area (Å²) in [5.41, 5.74) is 0. The zero-order valence-corrected chi connectivity index (χ0v) is 14.3. The first-order valence-electron chi connectivity index (χ1n) is 8.12. The van der Waals surface area contributed by atoms with E-state index >= 15 is 0 Å². The summed E-state index contributed by atoms with van der Waals surface area (Å²) in [5, 5.41) is 5.09. The fraction of sp³-hybridized carbons (Fsp3) is 0.222. The van der Waals surface area contributed by atoms with Crippen molar-refractivity contribution in [1.29, 1.82) is 0 Å². The molecule has 0 bridgehead atoms. The molecule has 9 nitrogen and oxygen atoms in total. The summed E-state index contributed by atoms with van der Waals surface area (Å²) in [6, 6.07) is 10.2. The molecule has 0 radical (unpaired) electrons. The third-order valence-electron chi connectivity index (χ3n) is 3.38. The van der Waals surface area contributed by atoms with Gasteiger partial charge < -0.3 is 33.4 Å². The van der Waals surface area contributed by atoms with Crippen LogP contribution in [0.2, 0.25) is 0 Å². The van der Waals surface area contributed by atoms with Gasteiger partial charge in [0, 0.05) is 0 Å². The van der Waals surface area contributed by atoms with Crippen LogP contribution in [0.1, 0.15) is 23.0 Å². The van der Waals surface area contributed by atoms with Crippen LogP contribution >= 0.6 is 0 Å². The number of hydrogen-bond acceptors (Lipinski definition) is 7. The molecule has 142 valence electrons. The number of carbonyl (C=O) groups excluding carboxylic acids is 2. The molecule has 0 unspecified atom stereocenters. The monoisotopic (exact) mass is 374 g/mol. The molecule has 2 N–H and O–H groups in total. The van der Waals surface area contributed by atoms with E-state index in [0.29, 0.717) is 23.0 Å². The molecular weight excluding hydrogens is 356 g/mol. The maximum Gasteiger partial charge on any atom is 0.407 e. The van der Waals surface area contributed by atoms with E-state index in [1.54, 1.807) is 36.4 Å². The molecule has 9 heteroatoms. The number of ether oxygens (including phenoxy) is 2. The number of nitrogens with one attached hydrogen (secondary N) is 2. The molecule has 0 atom stereocenters. The summed E-state index contributed by atoms with van der Waals surface area (Å²) in [4.78, 5) is 23.2. The van der Waals surface area contributed by atoms with Crippen LogP contribution in [0.3, 0.4) is 0 Å². The second-order valence-corrected chi connectivity index (χ2v) is 5.39. The summed E-state index contributed by atoms with van der Waals surface area (Å²) in [5.74, 6) is 2.10. The first kappa shape index (κ1) is 18.2. The van der Waals surface area contributed by atoms with E-state index in [1.165, 1.54) is 12.5 Å². The van der Waals surface area contributed by atoms with Gasteiger partial charge in [-0.3, -0.25) is 0 Å². The molecule has 0 saturated heterocycles. The predicted molar refractivity (Wildman–Crippen MR) is 90.2 cm³/mol. The Labute approximate surface area is 154 Å². The molecule has 3 rings (SSSR count). The molecule has 0 fully saturated rings. The van der Waals surface area contributed by atoms with E-state index in [2.05, 4.69) is 10.6 Å².